The zero-order valence-corrected chi connectivity index (χ0v) is 15.5. The zero-order chi connectivity index (χ0) is 18.6. The van der Waals surface area contributed by atoms with Crippen LogP contribution in [0.3, 0.4) is 0 Å². The average Bonchev–Trinajstić information content (AvgIpc) is 3.03. The topological polar surface area (TPSA) is 137 Å². The molecule has 0 aliphatic rings. The number of hydrogen-bond donors (Lipinski definition) is 2. The molecule has 0 bridgehead atoms. The third kappa shape index (κ3) is 5.22. The molecule has 140 valence electrons. The largest absolute Gasteiger partial charge is 0.425 e. The van der Waals surface area contributed by atoms with Gasteiger partial charge in [0.1, 0.15) is 18.0 Å². The van der Waals surface area contributed by atoms with Crippen molar-refractivity contribution in [1.82, 2.24) is 4.98 Å². The summed E-state index contributed by atoms with van der Waals surface area (Å²) in [6.45, 7) is 3.56. The Kier molecular flexibility index (Phi) is 7.62. The molecule has 1 atom stereocenters. The number of nitro groups is 1. The number of rotatable bonds is 6. The molecule has 26 heavy (non-hydrogen) atoms. The number of anilines is 1. The first-order chi connectivity index (χ1) is 11.8. The number of para-hydroxylation sites is 1. The van der Waals surface area contributed by atoms with Crippen molar-refractivity contribution < 1.29 is 19.2 Å². The van der Waals surface area contributed by atoms with E-state index in [-0.39, 0.29) is 39.8 Å². The second-order valence-corrected chi connectivity index (χ2v) is 6.41. The monoisotopic (exact) mass is 400 g/mol. The maximum atomic E-state index is 12.4. The number of nitrogens with two attached hydrogens (primary N) is 1. The number of esters is 1. The van der Waals surface area contributed by atoms with Gasteiger partial charge in [-0.15, -0.1) is 12.4 Å². The number of benzene rings is 1. The molecule has 3 N–H and O–H groups in total. The van der Waals surface area contributed by atoms with E-state index >= 15 is 0 Å². The smallest absolute Gasteiger partial charge is 0.345 e. The quantitative estimate of drug-likeness (QED) is 0.329. The summed E-state index contributed by atoms with van der Waals surface area (Å²) in [6.07, 6.45) is 1.05. The van der Waals surface area contributed by atoms with Crippen LogP contribution in [0.5, 0.6) is 5.75 Å². The first kappa shape index (κ1) is 21.5. The number of aromatic nitrogens is 1. The highest BCUT2D eigenvalue weighted by Crippen LogP contribution is 2.26. The molecule has 0 saturated heterocycles. The Morgan fingerprint density at radius 3 is 2.58 bits per heavy atom. The van der Waals surface area contributed by atoms with Crippen LogP contribution in [0.4, 0.5) is 10.1 Å². The maximum Gasteiger partial charge on any atom is 0.345 e. The van der Waals surface area contributed by atoms with Crippen molar-refractivity contribution in [1.29, 1.82) is 0 Å². The first-order valence-corrected chi connectivity index (χ1v) is 8.09. The Balaban J connectivity index is 0.00000338. The van der Waals surface area contributed by atoms with Gasteiger partial charge in [0.2, 0.25) is 0 Å². The Labute approximate surface area is 159 Å². The van der Waals surface area contributed by atoms with Crippen molar-refractivity contribution in [2.75, 3.05) is 5.32 Å². The summed E-state index contributed by atoms with van der Waals surface area (Å²) in [5.41, 5.74) is 5.83. The number of ether oxygens (including phenoxy) is 1. The van der Waals surface area contributed by atoms with Crippen molar-refractivity contribution in [3.05, 3.63) is 46.1 Å². The first-order valence-electron chi connectivity index (χ1n) is 7.27. The van der Waals surface area contributed by atoms with Crippen LogP contribution in [0.15, 0.2) is 30.5 Å². The number of halogens is 1. The number of thiazole rings is 1. The molecule has 11 heteroatoms. The normalized spacial score (nSPS) is 11.4. The lowest BCUT2D eigenvalue weighted by atomic mass is 10.1. The number of carbonyl (C=O) groups excluding carboxylic acids is 2. The van der Waals surface area contributed by atoms with Crippen LogP contribution in [0.25, 0.3) is 0 Å². The second-order valence-electron chi connectivity index (χ2n) is 5.40. The molecule has 0 aliphatic heterocycles. The van der Waals surface area contributed by atoms with Gasteiger partial charge in [0.15, 0.2) is 5.13 Å². The molecule has 9 nitrogen and oxygen atoms in total. The van der Waals surface area contributed by atoms with E-state index in [1.165, 1.54) is 12.1 Å². The second kappa shape index (κ2) is 9.22. The minimum Gasteiger partial charge on any atom is -0.425 e. The van der Waals surface area contributed by atoms with Crippen LogP contribution in [-0.4, -0.2) is 27.8 Å². The summed E-state index contributed by atoms with van der Waals surface area (Å²) in [7, 11) is 0. The fourth-order valence-electron chi connectivity index (χ4n) is 1.76. The molecule has 1 aromatic carbocycles. The summed E-state index contributed by atoms with van der Waals surface area (Å²) in [5.74, 6) is -1.33. The lowest BCUT2D eigenvalue weighted by molar-refractivity contribution is -0.380. The molecule has 0 saturated carbocycles. The zero-order valence-electron chi connectivity index (χ0n) is 13.9. The fraction of sp³-hybridized carbons (Fsp3) is 0.267. The van der Waals surface area contributed by atoms with Gasteiger partial charge in [0.25, 0.3) is 5.91 Å². The van der Waals surface area contributed by atoms with Gasteiger partial charge in [-0.1, -0.05) is 26.0 Å². The minimum atomic E-state index is -0.822. The van der Waals surface area contributed by atoms with E-state index in [1.54, 1.807) is 26.0 Å². The van der Waals surface area contributed by atoms with E-state index in [9.17, 15) is 19.7 Å². The molecule has 1 heterocycles. The summed E-state index contributed by atoms with van der Waals surface area (Å²) in [5, 5.41) is 13.0. The number of nitrogens with one attached hydrogen (secondary N) is 1. The Morgan fingerprint density at radius 2 is 2.00 bits per heavy atom. The van der Waals surface area contributed by atoms with Gasteiger partial charge < -0.3 is 10.5 Å². The number of carbonyl (C=O) groups is 2. The van der Waals surface area contributed by atoms with Crippen molar-refractivity contribution in [3.8, 4) is 5.75 Å². The number of hydrogen-bond acceptors (Lipinski definition) is 8. The summed E-state index contributed by atoms with van der Waals surface area (Å²) in [4.78, 5) is 38.2. The molecule has 0 unspecified atom stereocenters. The van der Waals surface area contributed by atoms with Crippen molar-refractivity contribution in [2.24, 2.45) is 11.7 Å². The Hall–Kier alpha value is -2.56. The minimum absolute atomic E-state index is 0. The van der Waals surface area contributed by atoms with E-state index < -0.39 is 22.8 Å². The van der Waals surface area contributed by atoms with Gasteiger partial charge in [0.05, 0.1) is 10.5 Å². The molecule has 0 radical (unpaired) electrons. The molecule has 0 spiro atoms. The van der Waals surface area contributed by atoms with Crippen LogP contribution >= 0.6 is 23.7 Å². The van der Waals surface area contributed by atoms with Crippen LogP contribution < -0.4 is 15.8 Å². The molecule has 1 amide bonds. The van der Waals surface area contributed by atoms with Crippen LogP contribution in [-0.2, 0) is 4.79 Å². The predicted octanol–water partition coefficient (Wildman–Crippen LogP) is 2.61. The van der Waals surface area contributed by atoms with Gasteiger partial charge in [0, 0.05) is 0 Å². The van der Waals surface area contributed by atoms with Crippen molar-refractivity contribution in [3.63, 3.8) is 0 Å². The average molecular weight is 401 g/mol. The molecule has 0 fully saturated rings. The third-order valence-electron chi connectivity index (χ3n) is 3.23. The lowest BCUT2D eigenvalue weighted by Gasteiger charge is -2.15. The maximum absolute atomic E-state index is 12.4. The van der Waals surface area contributed by atoms with Crippen LogP contribution in [0, 0.1) is 16.0 Å². The predicted molar refractivity (Wildman–Crippen MR) is 98.9 cm³/mol. The highest BCUT2D eigenvalue weighted by atomic mass is 35.5. The van der Waals surface area contributed by atoms with E-state index in [0.717, 1.165) is 17.5 Å². The summed E-state index contributed by atoms with van der Waals surface area (Å²) < 4.78 is 5.22. The van der Waals surface area contributed by atoms with Crippen LogP contribution in [0.1, 0.15) is 24.2 Å². The molecular formula is C15H17ClN4O5S. The highest BCUT2D eigenvalue weighted by Gasteiger charge is 2.23. The fourth-order valence-corrected chi connectivity index (χ4v) is 2.39. The molecule has 2 rings (SSSR count). The number of nitrogens with zero attached hydrogens (tertiary/aromatic N) is 2. The van der Waals surface area contributed by atoms with Gasteiger partial charge in [-0.2, -0.15) is 0 Å². The Bertz CT molecular complexity index is 811. The SMILES string of the molecule is CC(C)[C@H](N)C(=O)Oc1ccccc1C(=O)Nc1ncc([N+](=O)[O-])s1.Cl. The van der Waals surface area contributed by atoms with Gasteiger partial charge in [-0.25, -0.2) is 9.78 Å². The molecule has 2 aromatic rings. The summed E-state index contributed by atoms with van der Waals surface area (Å²) >= 11 is 0.723. The van der Waals surface area contributed by atoms with E-state index in [4.69, 9.17) is 10.5 Å². The molecular weight excluding hydrogens is 384 g/mol. The van der Waals surface area contributed by atoms with Crippen LogP contribution in [0.2, 0.25) is 0 Å². The third-order valence-corrected chi connectivity index (χ3v) is 4.09. The van der Waals surface area contributed by atoms with Crippen molar-refractivity contribution in [2.45, 2.75) is 19.9 Å². The molecule has 0 aliphatic carbocycles. The molecule has 1 aromatic heterocycles. The standard InChI is InChI=1S/C15H16N4O5S.ClH/c1-8(2)12(16)14(21)24-10-6-4-3-5-9(10)13(20)18-15-17-7-11(25-15)19(22)23;/h3-8,12H,16H2,1-2H3,(H,17,18,20);1H/t12-;/m0./s1. The van der Waals surface area contributed by atoms with E-state index in [1.807, 2.05) is 0 Å². The van der Waals surface area contributed by atoms with Gasteiger partial charge in [-0.3, -0.25) is 20.2 Å². The Morgan fingerprint density at radius 1 is 1.35 bits per heavy atom. The van der Waals surface area contributed by atoms with E-state index in [2.05, 4.69) is 10.3 Å². The lowest BCUT2D eigenvalue weighted by Crippen LogP contribution is -2.38. The van der Waals surface area contributed by atoms with Gasteiger partial charge in [-0.05, 0) is 29.4 Å². The summed E-state index contributed by atoms with van der Waals surface area (Å²) in [6, 6.07) is 5.30. The highest BCUT2D eigenvalue weighted by molar-refractivity contribution is 7.18. The van der Waals surface area contributed by atoms with Gasteiger partial charge >= 0.3 is 11.0 Å². The number of amides is 1. The van der Waals surface area contributed by atoms with E-state index in [0.29, 0.717) is 0 Å². The van der Waals surface area contributed by atoms with Crippen molar-refractivity contribution >= 4 is 45.8 Å².